The van der Waals surface area contributed by atoms with Crippen LogP contribution in [0.1, 0.15) is 5.76 Å². The topological polar surface area (TPSA) is 58.3 Å². The highest BCUT2D eigenvalue weighted by molar-refractivity contribution is 9.10. The van der Waals surface area contributed by atoms with Gasteiger partial charge in [0, 0.05) is 9.86 Å². The minimum atomic E-state index is 0.262. The summed E-state index contributed by atoms with van der Waals surface area (Å²) in [7, 11) is 0. The Morgan fingerprint density at radius 3 is 3.15 bits per heavy atom. The van der Waals surface area contributed by atoms with E-state index in [-0.39, 0.29) is 6.54 Å². The predicted octanol–water partition coefficient (Wildman–Crippen LogP) is 2.07. The van der Waals surface area contributed by atoms with Crippen molar-refractivity contribution in [3.8, 4) is 0 Å². The molecule has 0 aliphatic heterocycles. The summed E-state index contributed by atoms with van der Waals surface area (Å²) in [5, 5.41) is 13.3. The van der Waals surface area contributed by atoms with Gasteiger partial charge in [-0.1, -0.05) is 21.1 Å². The highest BCUT2D eigenvalue weighted by atomic mass is 79.9. The van der Waals surface area contributed by atoms with Crippen LogP contribution in [0.15, 0.2) is 27.2 Å². The van der Waals surface area contributed by atoms with Crippen molar-refractivity contribution in [2.45, 2.75) is 6.54 Å². The molecule has 2 rings (SSSR count). The van der Waals surface area contributed by atoms with E-state index in [1.165, 1.54) is 0 Å². The maximum absolute atomic E-state index is 8.51. The normalized spacial score (nSPS) is 10.9. The average Bonchev–Trinajstić information content (AvgIpc) is 2.49. The molecule has 1 aromatic carbocycles. The molecule has 5 heteroatoms. The molecule has 0 fully saturated rings. The fourth-order valence-corrected chi connectivity index (χ4v) is 1.52. The van der Waals surface area contributed by atoms with Gasteiger partial charge in [-0.05, 0) is 18.2 Å². The summed E-state index contributed by atoms with van der Waals surface area (Å²) in [4.78, 5) is 0. The van der Waals surface area contributed by atoms with Gasteiger partial charge < -0.3 is 9.73 Å². The van der Waals surface area contributed by atoms with Crippen LogP contribution < -0.4 is 5.48 Å². The van der Waals surface area contributed by atoms with E-state index in [1.54, 1.807) is 0 Å². The molecule has 0 radical (unpaired) electrons. The van der Waals surface area contributed by atoms with E-state index in [2.05, 4.69) is 21.1 Å². The molecule has 4 nitrogen and oxygen atoms in total. The first kappa shape index (κ1) is 8.68. The van der Waals surface area contributed by atoms with Crippen LogP contribution in [0.3, 0.4) is 0 Å². The zero-order valence-corrected chi connectivity index (χ0v) is 8.21. The smallest absolute Gasteiger partial charge is 0.160 e. The minimum Gasteiger partial charge on any atom is -0.359 e. The summed E-state index contributed by atoms with van der Waals surface area (Å²) in [5.74, 6) is 0.630. The molecule has 0 atom stereocenters. The number of hydrogen-bond donors (Lipinski definition) is 2. The van der Waals surface area contributed by atoms with Crippen molar-refractivity contribution in [2.24, 2.45) is 0 Å². The number of hydroxylamine groups is 1. The third-order valence-corrected chi connectivity index (χ3v) is 2.25. The number of aromatic nitrogens is 1. The number of fused-ring (bicyclic) bond motifs is 1. The van der Waals surface area contributed by atoms with E-state index in [0.717, 1.165) is 15.4 Å². The maximum Gasteiger partial charge on any atom is 0.160 e. The van der Waals surface area contributed by atoms with Crippen LogP contribution in [0.5, 0.6) is 0 Å². The summed E-state index contributed by atoms with van der Waals surface area (Å²) in [6.07, 6.45) is 0. The average molecular weight is 243 g/mol. The largest absolute Gasteiger partial charge is 0.359 e. The van der Waals surface area contributed by atoms with Gasteiger partial charge in [-0.3, -0.25) is 0 Å². The van der Waals surface area contributed by atoms with Gasteiger partial charge in [-0.2, -0.15) is 5.48 Å². The lowest BCUT2D eigenvalue weighted by Gasteiger charge is -1.92. The lowest BCUT2D eigenvalue weighted by atomic mass is 10.2. The second-order valence-electron chi connectivity index (χ2n) is 2.60. The standard InChI is InChI=1S/C8H7BrN2O2/c9-5-1-2-6-7(3-5)11-13-8(6)4-10-12/h1-3,10,12H,4H2. The van der Waals surface area contributed by atoms with Crippen LogP contribution >= 0.6 is 15.9 Å². The first-order valence-corrected chi connectivity index (χ1v) is 4.51. The Bertz CT molecular complexity index is 427. The van der Waals surface area contributed by atoms with Gasteiger partial charge in [0.1, 0.15) is 5.52 Å². The highest BCUT2D eigenvalue weighted by Crippen LogP contribution is 2.21. The quantitative estimate of drug-likeness (QED) is 0.792. The van der Waals surface area contributed by atoms with Crippen LogP contribution in [0, 0.1) is 0 Å². The van der Waals surface area contributed by atoms with Crippen molar-refractivity contribution >= 4 is 26.8 Å². The zero-order valence-electron chi connectivity index (χ0n) is 6.62. The monoisotopic (exact) mass is 242 g/mol. The lowest BCUT2D eigenvalue weighted by Crippen LogP contribution is -2.04. The molecule has 1 heterocycles. The minimum absolute atomic E-state index is 0.262. The second-order valence-corrected chi connectivity index (χ2v) is 3.52. The van der Waals surface area contributed by atoms with Gasteiger partial charge in [0.05, 0.1) is 6.54 Å². The molecule has 2 N–H and O–H groups in total. The van der Waals surface area contributed by atoms with Gasteiger partial charge in [-0.15, -0.1) is 0 Å². The predicted molar refractivity (Wildman–Crippen MR) is 50.3 cm³/mol. The van der Waals surface area contributed by atoms with Crippen LogP contribution in [0.4, 0.5) is 0 Å². The summed E-state index contributed by atoms with van der Waals surface area (Å²) in [6, 6.07) is 5.66. The molecular formula is C8H7BrN2O2. The Labute approximate surface area is 82.6 Å². The Hall–Kier alpha value is -0.910. The third kappa shape index (κ3) is 1.58. The first-order chi connectivity index (χ1) is 6.31. The highest BCUT2D eigenvalue weighted by Gasteiger charge is 2.06. The lowest BCUT2D eigenvalue weighted by molar-refractivity contribution is 0.150. The molecule has 68 valence electrons. The summed E-state index contributed by atoms with van der Waals surface area (Å²) in [6.45, 7) is 0.262. The molecule has 0 unspecified atom stereocenters. The number of nitrogens with zero attached hydrogens (tertiary/aromatic N) is 1. The van der Waals surface area contributed by atoms with E-state index in [1.807, 2.05) is 23.7 Å². The fraction of sp³-hybridized carbons (Fsp3) is 0.125. The summed E-state index contributed by atoms with van der Waals surface area (Å²) >= 11 is 3.33. The number of nitrogens with one attached hydrogen (secondary N) is 1. The number of rotatable bonds is 2. The second kappa shape index (κ2) is 3.45. The van der Waals surface area contributed by atoms with Gasteiger partial charge in [0.25, 0.3) is 0 Å². The third-order valence-electron chi connectivity index (χ3n) is 1.75. The molecule has 0 bridgehead atoms. The van der Waals surface area contributed by atoms with Crippen molar-refractivity contribution in [3.63, 3.8) is 0 Å². The van der Waals surface area contributed by atoms with Gasteiger partial charge >= 0.3 is 0 Å². The van der Waals surface area contributed by atoms with E-state index < -0.39 is 0 Å². The summed E-state index contributed by atoms with van der Waals surface area (Å²) in [5.41, 5.74) is 2.81. The summed E-state index contributed by atoms with van der Waals surface area (Å²) < 4.78 is 5.97. The van der Waals surface area contributed by atoms with Crippen molar-refractivity contribution in [2.75, 3.05) is 0 Å². The Kier molecular flexibility index (Phi) is 2.30. The first-order valence-electron chi connectivity index (χ1n) is 3.72. The molecule has 1 aromatic heterocycles. The molecule has 13 heavy (non-hydrogen) atoms. The maximum atomic E-state index is 8.51. The van der Waals surface area contributed by atoms with Gasteiger partial charge in [-0.25, -0.2) is 0 Å². The number of benzene rings is 1. The molecule has 0 aliphatic rings. The Morgan fingerprint density at radius 1 is 1.54 bits per heavy atom. The molecule has 0 aliphatic carbocycles. The molecular weight excluding hydrogens is 236 g/mol. The SMILES string of the molecule is ONCc1onc2cc(Br)ccc12. The molecule has 0 saturated heterocycles. The molecule has 0 saturated carbocycles. The van der Waals surface area contributed by atoms with Crippen LogP contribution in [0.25, 0.3) is 10.9 Å². The van der Waals surface area contributed by atoms with Crippen LogP contribution in [0.2, 0.25) is 0 Å². The van der Waals surface area contributed by atoms with E-state index in [4.69, 9.17) is 9.73 Å². The van der Waals surface area contributed by atoms with Crippen molar-refractivity contribution in [1.82, 2.24) is 10.6 Å². The van der Waals surface area contributed by atoms with Crippen LogP contribution in [-0.4, -0.2) is 10.4 Å². The zero-order chi connectivity index (χ0) is 9.26. The van der Waals surface area contributed by atoms with E-state index in [9.17, 15) is 0 Å². The van der Waals surface area contributed by atoms with Crippen molar-refractivity contribution in [3.05, 3.63) is 28.4 Å². The van der Waals surface area contributed by atoms with Gasteiger partial charge in [0.2, 0.25) is 0 Å². The molecule has 0 spiro atoms. The van der Waals surface area contributed by atoms with Crippen LogP contribution in [-0.2, 0) is 6.54 Å². The van der Waals surface area contributed by atoms with Gasteiger partial charge in [0.15, 0.2) is 5.76 Å². The molecule has 2 aromatic rings. The number of hydrogen-bond acceptors (Lipinski definition) is 4. The number of halogens is 1. The van der Waals surface area contributed by atoms with Crippen molar-refractivity contribution in [1.29, 1.82) is 0 Å². The van der Waals surface area contributed by atoms with E-state index in [0.29, 0.717) is 5.76 Å². The van der Waals surface area contributed by atoms with E-state index >= 15 is 0 Å². The molecule has 0 amide bonds. The van der Waals surface area contributed by atoms with Crippen molar-refractivity contribution < 1.29 is 9.73 Å². The Morgan fingerprint density at radius 2 is 2.38 bits per heavy atom. The fourth-order valence-electron chi connectivity index (χ4n) is 1.17. The Balaban J connectivity index is 2.55.